The minimum absolute atomic E-state index is 0.0823. The van der Waals surface area contributed by atoms with Crippen LogP contribution in [0.15, 0.2) is 145 Å². The zero-order valence-electron chi connectivity index (χ0n) is 22.0. The van der Waals surface area contributed by atoms with E-state index in [1.54, 1.807) is 0 Å². The lowest BCUT2D eigenvalue weighted by atomic mass is 9.98. The second kappa shape index (κ2) is 12.4. The summed E-state index contributed by atoms with van der Waals surface area (Å²) in [7, 11) is 0. The van der Waals surface area contributed by atoms with Gasteiger partial charge in [-0.05, 0) is 66.1 Å². The van der Waals surface area contributed by atoms with Gasteiger partial charge in [0, 0.05) is 22.6 Å². The molecule has 5 rings (SSSR count). The van der Waals surface area contributed by atoms with Crippen molar-refractivity contribution in [1.82, 2.24) is 0 Å². The molecule has 0 aliphatic rings. The van der Waals surface area contributed by atoms with Crippen LogP contribution in [0.1, 0.15) is 28.3 Å². The van der Waals surface area contributed by atoms with Crippen molar-refractivity contribution in [2.75, 3.05) is 4.90 Å². The van der Waals surface area contributed by atoms with Gasteiger partial charge in [0.2, 0.25) is 0 Å². The number of nitriles is 1. The molecule has 0 heterocycles. The highest BCUT2D eigenvalue weighted by Crippen LogP contribution is 2.35. The molecule has 6 heteroatoms. The second-order valence-electron chi connectivity index (χ2n) is 9.47. The van der Waals surface area contributed by atoms with Crippen molar-refractivity contribution in [1.29, 1.82) is 5.26 Å². The summed E-state index contributed by atoms with van der Waals surface area (Å²) in [6.45, 7) is 0. The normalized spacial score (nSPS) is 12.4. The molecule has 0 aromatic heterocycles. The van der Waals surface area contributed by atoms with Gasteiger partial charge in [0.15, 0.2) is 0 Å². The first-order chi connectivity index (χ1) is 19.9. The van der Waals surface area contributed by atoms with Gasteiger partial charge in [-0.15, -0.1) is 0 Å². The van der Waals surface area contributed by atoms with Crippen LogP contribution in [0.25, 0.3) is 0 Å². The highest BCUT2D eigenvalue weighted by molar-refractivity contribution is 6.11. The highest BCUT2D eigenvalue weighted by atomic mass is 19.4. The Morgan fingerprint density at radius 1 is 0.659 bits per heavy atom. The summed E-state index contributed by atoms with van der Waals surface area (Å²) in [4.78, 5) is 6.93. The Hall–Kier alpha value is -5.15. The van der Waals surface area contributed by atoms with Gasteiger partial charge in [-0.25, -0.2) is 0 Å². The number of nitrogens with zero attached hydrogens (tertiary/aromatic N) is 3. The van der Waals surface area contributed by atoms with Crippen molar-refractivity contribution in [2.45, 2.75) is 18.6 Å². The van der Waals surface area contributed by atoms with Crippen LogP contribution in [0.2, 0.25) is 0 Å². The number of hydrogen-bond donors (Lipinski definition) is 0. The lowest BCUT2D eigenvalue weighted by Crippen LogP contribution is -2.10. The van der Waals surface area contributed by atoms with Crippen LogP contribution in [0, 0.1) is 11.3 Å². The average Bonchev–Trinajstić information content (AvgIpc) is 3.01. The zero-order chi connectivity index (χ0) is 28.7. The molecule has 202 valence electrons. The van der Waals surface area contributed by atoms with Crippen LogP contribution in [0.5, 0.6) is 0 Å². The lowest BCUT2D eigenvalue weighted by Gasteiger charge is -2.26. The lowest BCUT2D eigenvalue weighted by molar-refractivity contribution is -0.137. The Morgan fingerprint density at radius 2 is 1.15 bits per heavy atom. The number of halogens is 3. The first kappa shape index (κ1) is 27.4. The maximum atomic E-state index is 13.1. The van der Waals surface area contributed by atoms with Gasteiger partial charge in [0.25, 0.3) is 0 Å². The summed E-state index contributed by atoms with van der Waals surface area (Å²) in [6, 6.07) is 44.2. The standard InChI is InChI=1S/C35H26F3N3/c36-35(37,38)29-20-16-28(17-21-29)34(25-39)40-33(24-26-10-4-1-5-11-26)27-18-22-32(23-19-27)41(30-12-6-2-7-13-30)31-14-8-3-9-15-31/h1-23,33H,24H2/b40-34+/t33-/m1/s1. The number of rotatable bonds is 8. The molecule has 5 aromatic rings. The molecule has 0 N–H and O–H groups in total. The minimum atomic E-state index is -4.45. The summed E-state index contributed by atoms with van der Waals surface area (Å²) in [5.41, 5.74) is 4.56. The van der Waals surface area contributed by atoms with Crippen LogP contribution in [0.3, 0.4) is 0 Å². The maximum absolute atomic E-state index is 13.1. The fourth-order valence-corrected chi connectivity index (χ4v) is 4.66. The van der Waals surface area contributed by atoms with Crippen molar-refractivity contribution < 1.29 is 13.2 Å². The van der Waals surface area contributed by atoms with E-state index in [0.29, 0.717) is 12.0 Å². The molecular formula is C35H26F3N3. The summed E-state index contributed by atoms with van der Waals surface area (Å²) in [5.74, 6) is 0. The monoisotopic (exact) mass is 545 g/mol. The maximum Gasteiger partial charge on any atom is 0.416 e. The molecule has 0 saturated carbocycles. The molecule has 0 amide bonds. The largest absolute Gasteiger partial charge is 0.416 e. The first-order valence-electron chi connectivity index (χ1n) is 13.1. The van der Waals surface area contributed by atoms with Gasteiger partial charge in [0.05, 0.1) is 11.6 Å². The third kappa shape index (κ3) is 6.71. The quantitative estimate of drug-likeness (QED) is 0.182. The summed E-state index contributed by atoms with van der Waals surface area (Å²) in [6.07, 6.45) is -3.93. The molecule has 0 aliphatic heterocycles. The molecule has 0 radical (unpaired) electrons. The van der Waals surface area contributed by atoms with E-state index in [4.69, 9.17) is 4.99 Å². The number of benzene rings is 5. The SMILES string of the molecule is N#C/C(=N\[C@H](Cc1ccccc1)c1ccc(N(c2ccccc2)c2ccccc2)cc1)c1ccc(C(F)(F)F)cc1. The molecule has 0 bridgehead atoms. The van der Waals surface area contributed by atoms with E-state index in [1.165, 1.54) is 12.1 Å². The molecule has 0 fully saturated rings. The zero-order valence-corrected chi connectivity index (χ0v) is 22.0. The van der Waals surface area contributed by atoms with E-state index < -0.39 is 17.8 Å². The molecule has 0 saturated heterocycles. The first-order valence-corrected chi connectivity index (χ1v) is 13.1. The fraction of sp³-hybridized carbons (Fsp3) is 0.0857. The summed E-state index contributed by atoms with van der Waals surface area (Å²) >= 11 is 0. The van der Waals surface area contributed by atoms with Gasteiger partial charge < -0.3 is 4.90 Å². The van der Waals surface area contributed by atoms with E-state index in [1.807, 2.05) is 115 Å². The Bertz CT molecular complexity index is 1580. The molecule has 0 unspecified atom stereocenters. The molecule has 3 nitrogen and oxygen atoms in total. The molecule has 41 heavy (non-hydrogen) atoms. The van der Waals surface area contributed by atoms with Crippen molar-refractivity contribution >= 4 is 22.8 Å². The van der Waals surface area contributed by atoms with Crippen molar-refractivity contribution in [3.8, 4) is 6.07 Å². The Labute approximate surface area is 237 Å². The van der Waals surface area contributed by atoms with Crippen molar-refractivity contribution in [3.05, 3.63) is 162 Å². The van der Waals surface area contributed by atoms with Crippen LogP contribution in [-0.4, -0.2) is 5.71 Å². The van der Waals surface area contributed by atoms with Crippen molar-refractivity contribution in [2.24, 2.45) is 4.99 Å². The summed E-state index contributed by atoms with van der Waals surface area (Å²) < 4.78 is 39.3. The molecule has 0 aliphatic carbocycles. The van der Waals surface area contributed by atoms with Crippen LogP contribution in [-0.2, 0) is 12.6 Å². The van der Waals surface area contributed by atoms with E-state index in [-0.39, 0.29) is 5.71 Å². The second-order valence-corrected chi connectivity index (χ2v) is 9.47. The molecule has 5 aromatic carbocycles. The summed E-state index contributed by atoms with van der Waals surface area (Å²) in [5, 5.41) is 9.93. The average molecular weight is 546 g/mol. The Kier molecular flexibility index (Phi) is 8.26. The predicted octanol–water partition coefficient (Wildman–Crippen LogP) is 9.47. The number of aliphatic imine (C=N–C) groups is 1. The highest BCUT2D eigenvalue weighted by Gasteiger charge is 2.30. The van der Waals surface area contributed by atoms with Crippen LogP contribution < -0.4 is 4.90 Å². The molecular weight excluding hydrogens is 519 g/mol. The third-order valence-electron chi connectivity index (χ3n) is 6.71. The molecule has 1 atom stereocenters. The van der Waals surface area contributed by atoms with E-state index in [2.05, 4.69) is 11.0 Å². The van der Waals surface area contributed by atoms with Crippen LogP contribution >= 0.6 is 0 Å². The Balaban J connectivity index is 1.52. The van der Waals surface area contributed by atoms with Gasteiger partial charge in [0.1, 0.15) is 11.8 Å². The van der Waals surface area contributed by atoms with E-state index >= 15 is 0 Å². The third-order valence-corrected chi connectivity index (χ3v) is 6.71. The van der Waals surface area contributed by atoms with E-state index in [9.17, 15) is 18.4 Å². The Morgan fingerprint density at radius 3 is 1.63 bits per heavy atom. The van der Waals surface area contributed by atoms with Gasteiger partial charge in [-0.1, -0.05) is 91.0 Å². The van der Waals surface area contributed by atoms with Gasteiger partial charge >= 0.3 is 6.18 Å². The smallest absolute Gasteiger partial charge is 0.311 e. The molecule has 0 spiro atoms. The van der Waals surface area contributed by atoms with E-state index in [0.717, 1.165) is 40.3 Å². The van der Waals surface area contributed by atoms with Gasteiger partial charge in [-0.2, -0.15) is 18.4 Å². The number of alkyl halides is 3. The van der Waals surface area contributed by atoms with Gasteiger partial charge in [-0.3, -0.25) is 4.99 Å². The minimum Gasteiger partial charge on any atom is -0.311 e. The van der Waals surface area contributed by atoms with Crippen LogP contribution in [0.4, 0.5) is 30.2 Å². The predicted molar refractivity (Wildman–Crippen MR) is 158 cm³/mol. The number of anilines is 3. The number of para-hydroxylation sites is 2. The topological polar surface area (TPSA) is 39.4 Å². The van der Waals surface area contributed by atoms with Crippen molar-refractivity contribution in [3.63, 3.8) is 0 Å². The number of hydrogen-bond acceptors (Lipinski definition) is 3. The fourth-order valence-electron chi connectivity index (χ4n) is 4.66.